The van der Waals surface area contributed by atoms with Gasteiger partial charge in [0.2, 0.25) is 0 Å². The molecule has 0 saturated carbocycles. The molecular formula is C16H16N4O4S. The van der Waals surface area contributed by atoms with E-state index in [2.05, 4.69) is 20.5 Å². The first-order chi connectivity index (χ1) is 12.1. The molecule has 0 spiro atoms. The van der Waals surface area contributed by atoms with Crippen LogP contribution in [0.5, 0.6) is 11.5 Å². The zero-order chi connectivity index (χ0) is 17.6. The van der Waals surface area contributed by atoms with Gasteiger partial charge in [-0.15, -0.1) is 16.4 Å². The molecule has 9 heteroatoms. The average molecular weight is 360 g/mol. The van der Waals surface area contributed by atoms with Gasteiger partial charge in [-0.2, -0.15) is 0 Å². The van der Waals surface area contributed by atoms with Crippen LogP contribution in [0.25, 0.3) is 11.6 Å². The summed E-state index contributed by atoms with van der Waals surface area (Å²) in [5.41, 5.74) is 0.584. The predicted octanol–water partition coefficient (Wildman–Crippen LogP) is 2.92. The third kappa shape index (κ3) is 4.54. The van der Waals surface area contributed by atoms with Gasteiger partial charge in [0.15, 0.2) is 6.61 Å². The Bertz CT molecular complexity index is 844. The summed E-state index contributed by atoms with van der Waals surface area (Å²) in [6.07, 6.45) is 0. The number of nitrogens with one attached hydrogen (secondary N) is 1. The second-order valence-electron chi connectivity index (χ2n) is 4.91. The number of rotatable bonds is 7. The highest BCUT2D eigenvalue weighted by atomic mass is 32.1. The lowest BCUT2D eigenvalue weighted by atomic mass is 10.3. The fourth-order valence-corrected chi connectivity index (χ4v) is 2.53. The van der Waals surface area contributed by atoms with Crippen molar-refractivity contribution < 1.29 is 18.7 Å². The van der Waals surface area contributed by atoms with Gasteiger partial charge < -0.3 is 13.9 Å². The van der Waals surface area contributed by atoms with Gasteiger partial charge >= 0.3 is 6.01 Å². The van der Waals surface area contributed by atoms with Gasteiger partial charge in [-0.3, -0.25) is 10.1 Å². The zero-order valence-electron chi connectivity index (χ0n) is 13.7. The summed E-state index contributed by atoms with van der Waals surface area (Å²) in [4.78, 5) is 16.1. The van der Waals surface area contributed by atoms with Crippen molar-refractivity contribution in [1.82, 2.24) is 15.2 Å². The van der Waals surface area contributed by atoms with Crippen LogP contribution in [0.15, 0.2) is 34.1 Å². The van der Waals surface area contributed by atoms with Gasteiger partial charge in [0.25, 0.3) is 11.8 Å². The van der Waals surface area contributed by atoms with Gasteiger partial charge in [-0.05, 0) is 38.1 Å². The Hall–Kier alpha value is -2.94. The monoisotopic (exact) mass is 360 g/mol. The molecule has 0 bridgehead atoms. The smallest absolute Gasteiger partial charge is 0.322 e. The Labute approximate surface area is 147 Å². The van der Waals surface area contributed by atoms with Crippen molar-refractivity contribution >= 4 is 23.3 Å². The number of amides is 1. The molecule has 1 N–H and O–H groups in total. The minimum atomic E-state index is -0.404. The fourth-order valence-electron chi connectivity index (χ4n) is 1.94. The van der Waals surface area contributed by atoms with Crippen LogP contribution >= 0.6 is 11.3 Å². The molecule has 0 aliphatic carbocycles. The van der Waals surface area contributed by atoms with Gasteiger partial charge in [-0.1, -0.05) is 5.10 Å². The summed E-state index contributed by atoms with van der Waals surface area (Å²) in [7, 11) is 0. The molecule has 0 aliphatic heterocycles. The molecule has 130 valence electrons. The highest BCUT2D eigenvalue weighted by Crippen LogP contribution is 2.21. The van der Waals surface area contributed by atoms with E-state index < -0.39 is 5.91 Å². The Balaban J connectivity index is 1.51. The molecule has 0 radical (unpaired) electrons. The molecule has 0 unspecified atom stereocenters. The number of benzene rings is 1. The second kappa shape index (κ2) is 7.75. The molecule has 0 saturated heterocycles. The summed E-state index contributed by atoms with van der Waals surface area (Å²) in [5.74, 6) is 1.16. The first-order valence-electron chi connectivity index (χ1n) is 7.55. The molecule has 0 aliphatic rings. The van der Waals surface area contributed by atoms with Gasteiger partial charge in [0.05, 0.1) is 11.6 Å². The number of carbonyl (C=O) groups is 1. The third-order valence-corrected chi connectivity index (χ3v) is 3.79. The van der Waals surface area contributed by atoms with Crippen molar-refractivity contribution in [2.45, 2.75) is 13.8 Å². The van der Waals surface area contributed by atoms with E-state index in [1.807, 2.05) is 19.2 Å². The number of ether oxygens (including phenoxy) is 2. The Morgan fingerprint density at radius 2 is 1.92 bits per heavy atom. The lowest BCUT2D eigenvalue weighted by molar-refractivity contribution is -0.118. The molecule has 2 heterocycles. The maximum atomic E-state index is 11.9. The number of anilines is 1. The van der Waals surface area contributed by atoms with Crippen molar-refractivity contribution in [2.75, 3.05) is 18.5 Å². The van der Waals surface area contributed by atoms with Crippen LogP contribution in [0.1, 0.15) is 11.9 Å². The second-order valence-corrected chi connectivity index (χ2v) is 5.97. The summed E-state index contributed by atoms with van der Waals surface area (Å²) in [5, 5.41) is 12.8. The molecule has 1 amide bonds. The molecule has 3 aromatic rings. The van der Waals surface area contributed by atoms with Crippen LogP contribution in [0.4, 0.5) is 6.01 Å². The van der Waals surface area contributed by atoms with E-state index in [-0.39, 0.29) is 18.5 Å². The highest BCUT2D eigenvalue weighted by Gasteiger charge is 2.13. The SMILES string of the molecule is CCOc1ccc(OCC(=O)Nc2nnc(-c3csc(C)n3)o2)cc1. The molecule has 8 nitrogen and oxygen atoms in total. The minimum absolute atomic E-state index is 0.000877. The number of aryl methyl sites for hydroxylation is 1. The Morgan fingerprint density at radius 1 is 1.20 bits per heavy atom. The van der Waals surface area contributed by atoms with Crippen LogP contribution in [0.2, 0.25) is 0 Å². The number of carbonyl (C=O) groups excluding carboxylic acids is 1. The number of hydrogen-bond donors (Lipinski definition) is 1. The first kappa shape index (κ1) is 16.9. The lowest BCUT2D eigenvalue weighted by Gasteiger charge is -2.07. The van der Waals surface area contributed by atoms with E-state index >= 15 is 0 Å². The average Bonchev–Trinajstić information content (AvgIpc) is 3.23. The molecule has 0 fully saturated rings. The van der Waals surface area contributed by atoms with Gasteiger partial charge in [-0.25, -0.2) is 4.98 Å². The topological polar surface area (TPSA) is 99.4 Å². The van der Waals surface area contributed by atoms with Crippen molar-refractivity contribution in [2.24, 2.45) is 0 Å². The van der Waals surface area contributed by atoms with Crippen molar-refractivity contribution in [3.8, 4) is 23.1 Å². The van der Waals surface area contributed by atoms with Crippen molar-refractivity contribution in [1.29, 1.82) is 0 Å². The summed E-state index contributed by atoms with van der Waals surface area (Å²) in [6, 6.07) is 7.01. The predicted molar refractivity (Wildman–Crippen MR) is 91.9 cm³/mol. The standard InChI is InChI=1S/C16H16N4O4S/c1-3-22-11-4-6-12(7-5-11)23-8-14(21)18-16-20-19-15(24-16)13-9-25-10(2)17-13/h4-7,9H,3,8H2,1-2H3,(H,18,20,21). The van der Waals surface area contributed by atoms with Gasteiger partial charge in [0, 0.05) is 5.38 Å². The molecule has 0 atom stereocenters. The number of aromatic nitrogens is 3. The van der Waals surface area contributed by atoms with E-state index in [1.165, 1.54) is 11.3 Å². The lowest BCUT2D eigenvalue weighted by Crippen LogP contribution is -2.20. The quantitative estimate of drug-likeness (QED) is 0.691. The Kier molecular flexibility index (Phi) is 5.24. The van der Waals surface area contributed by atoms with Crippen LogP contribution in [0.3, 0.4) is 0 Å². The maximum Gasteiger partial charge on any atom is 0.322 e. The normalized spacial score (nSPS) is 10.5. The number of thiazole rings is 1. The number of nitrogens with zero attached hydrogens (tertiary/aromatic N) is 3. The molecule has 1 aromatic carbocycles. The van der Waals surface area contributed by atoms with Crippen LogP contribution in [0, 0.1) is 6.92 Å². The summed E-state index contributed by atoms with van der Waals surface area (Å²) >= 11 is 1.48. The summed E-state index contributed by atoms with van der Waals surface area (Å²) < 4.78 is 16.1. The first-order valence-corrected chi connectivity index (χ1v) is 8.43. The van der Waals surface area contributed by atoms with Gasteiger partial charge in [0.1, 0.15) is 17.2 Å². The Morgan fingerprint density at radius 3 is 2.56 bits per heavy atom. The molecule has 3 rings (SSSR count). The van der Waals surface area contributed by atoms with Crippen LogP contribution in [-0.4, -0.2) is 34.3 Å². The van der Waals surface area contributed by atoms with E-state index in [9.17, 15) is 4.79 Å². The van der Waals surface area contributed by atoms with Crippen molar-refractivity contribution in [3.63, 3.8) is 0 Å². The largest absolute Gasteiger partial charge is 0.494 e. The van der Waals surface area contributed by atoms with Crippen LogP contribution < -0.4 is 14.8 Å². The highest BCUT2D eigenvalue weighted by molar-refractivity contribution is 7.09. The van der Waals surface area contributed by atoms with Crippen LogP contribution in [-0.2, 0) is 4.79 Å². The summed E-state index contributed by atoms with van der Waals surface area (Å²) in [6.45, 7) is 4.20. The van der Waals surface area contributed by atoms with E-state index in [0.717, 1.165) is 10.8 Å². The number of hydrogen-bond acceptors (Lipinski definition) is 8. The molecule has 2 aromatic heterocycles. The zero-order valence-corrected chi connectivity index (χ0v) is 14.5. The van der Waals surface area contributed by atoms with E-state index in [4.69, 9.17) is 13.9 Å². The third-order valence-electron chi connectivity index (χ3n) is 3.01. The fraction of sp³-hybridized carbons (Fsp3) is 0.250. The van der Waals surface area contributed by atoms with Crippen molar-refractivity contribution in [3.05, 3.63) is 34.7 Å². The van der Waals surface area contributed by atoms with E-state index in [1.54, 1.807) is 24.3 Å². The molecule has 25 heavy (non-hydrogen) atoms. The maximum absolute atomic E-state index is 11.9. The minimum Gasteiger partial charge on any atom is -0.494 e. The van der Waals surface area contributed by atoms with E-state index in [0.29, 0.717) is 18.1 Å². The molecular weight excluding hydrogens is 344 g/mol.